The largest absolute Gasteiger partial charge is 0.244 e. The SMILES string of the molecule is C[C@H]1C[C@H](C)CN(S(=O)(=O)c2ccc(Cl)c(Cl)c2Cl)C1. The van der Waals surface area contributed by atoms with E-state index in [-0.39, 0.29) is 20.0 Å². The van der Waals surface area contributed by atoms with Crippen LogP contribution in [0.25, 0.3) is 0 Å². The van der Waals surface area contributed by atoms with Crippen LogP contribution in [0.4, 0.5) is 0 Å². The predicted octanol–water partition coefficient (Wildman–Crippen LogP) is 4.31. The molecule has 1 heterocycles. The predicted molar refractivity (Wildman–Crippen MR) is 83.2 cm³/mol. The molecule has 112 valence electrons. The number of nitrogens with zero attached hydrogens (tertiary/aromatic N) is 1. The monoisotopic (exact) mass is 355 g/mol. The lowest BCUT2D eigenvalue weighted by molar-refractivity contribution is 0.222. The first-order valence-electron chi connectivity index (χ1n) is 6.37. The third kappa shape index (κ3) is 3.09. The molecule has 1 aromatic rings. The molecule has 0 aromatic heterocycles. The van der Waals surface area contributed by atoms with Gasteiger partial charge in [0, 0.05) is 13.1 Å². The molecule has 1 aromatic carbocycles. The first-order chi connectivity index (χ1) is 9.23. The van der Waals surface area contributed by atoms with Gasteiger partial charge in [-0.05, 0) is 30.4 Å². The van der Waals surface area contributed by atoms with E-state index in [0.29, 0.717) is 24.9 Å². The Morgan fingerprint density at radius 2 is 1.60 bits per heavy atom. The molecule has 0 bridgehead atoms. The highest BCUT2D eigenvalue weighted by molar-refractivity contribution is 7.89. The van der Waals surface area contributed by atoms with E-state index in [2.05, 4.69) is 13.8 Å². The zero-order chi connectivity index (χ0) is 15.1. The Morgan fingerprint density at radius 3 is 2.15 bits per heavy atom. The summed E-state index contributed by atoms with van der Waals surface area (Å²) in [5.41, 5.74) is 0. The van der Waals surface area contributed by atoms with Crippen LogP contribution in [-0.2, 0) is 10.0 Å². The fourth-order valence-electron chi connectivity index (χ4n) is 2.65. The van der Waals surface area contributed by atoms with E-state index in [1.54, 1.807) is 0 Å². The molecule has 1 aliphatic rings. The third-order valence-electron chi connectivity index (χ3n) is 3.45. The van der Waals surface area contributed by atoms with Gasteiger partial charge in [-0.2, -0.15) is 4.31 Å². The minimum absolute atomic E-state index is 0.00922. The van der Waals surface area contributed by atoms with Crippen LogP contribution < -0.4 is 0 Å². The van der Waals surface area contributed by atoms with Crippen LogP contribution >= 0.6 is 34.8 Å². The van der Waals surface area contributed by atoms with Crippen LogP contribution in [0.1, 0.15) is 20.3 Å². The van der Waals surface area contributed by atoms with Gasteiger partial charge >= 0.3 is 0 Å². The molecule has 3 nitrogen and oxygen atoms in total. The fourth-order valence-corrected chi connectivity index (χ4v) is 5.28. The van der Waals surface area contributed by atoms with Crippen LogP contribution in [0.2, 0.25) is 15.1 Å². The van der Waals surface area contributed by atoms with Crippen LogP contribution in [0.3, 0.4) is 0 Å². The highest BCUT2D eigenvalue weighted by Crippen LogP contribution is 2.37. The summed E-state index contributed by atoms with van der Waals surface area (Å²) < 4.78 is 26.9. The van der Waals surface area contributed by atoms with Crippen LogP contribution in [0, 0.1) is 11.8 Å². The average Bonchev–Trinajstić information content (AvgIpc) is 2.34. The summed E-state index contributed by atoms with van der Waals surface area (Å²) in [5, 5.41) is 0.313. The van der Waals surface area contributed by atoms with Gasteiger partial charge in [0.25, 0.3) is 0 Å². The van der Waals surface area contributed by atoms with E-state index in [4.69, 9.17) is 34.8 Å². The molecule has 0 saturated carbocycles. The van der Waals surface area contributed by atoms with Gasteiger partial charge in [0.1, 0.15) is 4.90 Å². The summed E-state index contributed by atoms with van der Waals surface area (Å²) >= 11 is 17.8. The molecule has 0 radical (unpaired) electrons. The number of sulfonamides is 1. The van der Waals surface area contributed by atoms with Crippen molar-refractivity contribution in [2.75, 3.05) is 13.1 Å². The van der Waals surface area contributed by atoms with Crippen molar-refractivity contribution in [1.29, 1.82) is 0 Å². The molecule has 0 N–H and O–H groups in total. The highest BCUT2D eigenvalue weighted by Gasteiger charge is 2.33. The van der Waals surface area contributed by atoms with Gasteiger partial charge in [0.05, 0.1) is 15.1 Å². The van der Waals surface area contributed by atoms with Gasteiger partial charge < -0.3 is 0 Å². The van der Waals surface area contributed by atoms with E-state index >= 15 is 0 Å². The number of benzene rings is 1. The molecule has 0 aliphatic carbocycles. The molecular formula is C13H16Cl3NO2S. The smallest absolute Gasteiger partial charge is 0.207 e. The number of rotatable bonds is 2. The Balaban J connectivity index is 2.43. The molecule has 2 rings (SSSR count). The first-order valence-corrected chi connectivity index (χ1v) is 8.94. The Hall–Kier alpha value is -0.000000000000000167. The summed E-state index contributed by atoms with van der Waals surface area (Å²) in [7, 11) is -3.64. The zero-order valence-corrected chi connectivity index (χ0v) is 14.3. The minimum atomic E-state index is -3.64. The van der Waals surface area contributed by atoms with Crippen molar-refractivity contribution in [1.82, 2.24) is 4.31 Å². The molecule has 1 saturated heterocycles. The van der Waals surface area contributed by atoms with E-state index in [1.165, 1.54) is 16.4 Å². The zero-order valence-electron chi connectivity index (χ0n) is 11.2. The first kappa shape index (κ1) is 16.4. The Labute approximate surface area is 134 Å². The van der Waals surface area contributed by atoms with Crippen molar-refractivity contribution in [3.05, 3.63) is 27.2 Å². The van der Waals surface area contributed by atoms with E-state index in [0.717, 1.165) is 6.42 Å². The lowest BCUT2D eigenvalue weighted by Gasteiger charge is -2.34. The van der Waals surface area contributed by atoms with Gasteiger partial charge in [-0.25, -0.2) is 8.42 Å². The van der Waals surface area contributed by atoms with Crippen molar-refractivity contribution in [2.24, 2.45) is 11.8 Å². The van der Waals surface area contributed by atoms with Crippen molar-refractivity contribution >= 4 is 44.8 Å². The van der Waals surface area contributed by atoms with Crippen molar-refractivity contribution < 1.29 is 8.42 Å². The summed E-state index contributed by atoms with van der Waals surface area (Å²) in [4.78, 5) is 0.0230. The molecule has 1 aliphatic heterocycles. The quantitative estimate of drug-likeness (QED) is 0.740. The Bertz CT molecular complexity index is 608. The van der Waals surface area contributed by atoms with Crippen molar-refractivity contribution in [3.63, 3.8) is 0 Å². The molecule has 1 fully saturated rings. The molecule has 7 heteroatoms. The second kappa shape index (κ2) is 6.01. The molecule has 0 spiro atoms. The van der Waals surface area contributed by atoms with Crippen LogP contribution in [0.5, 0.6) is 0 Å². The van der Waals surface area contributed by atoms with Gasteiger partial charge in [0.15, 0.2) is 0 Å². The molecule has 2 atom stereocenters. The summed E-state index contributed by atoms with van der Waals surface area (Å²) in [6.07, 6.45) is 1.03. The Morgan fingerprint density at radius 1 is 1.05 bits per heavy atom. The maximum absolute atomic E-state index is 12.7. The lowest BCUT2D eigenvalue weighted by atomic mass is 9.94. The average molecular weight is 357 g/mol. The van der Waals surface area contributed by atoms with Crippen LogP contribution in [0.15, 0.2) is 17.0 Å². The molecule has 0 unspecified atom stereocenters. The van der Waals surface area contributed by atoms with Gasteiger partial charge in [-0.1, -0.05) is 48.7 Å². The summed E-state index contributed by atoms with van der Waals surface area (Å²) in [6.45, 7) is 5.11. The summed E-state index contributed by atoms with van der Waals surface area (Å²) in [6, 6.07) is 2.87. The number of piperidine rings is 1. The number of hydrogen-bond donors (Lipinski definition) is 0. The molecule has 20 heavy (non-hydrogen) atoms. The standard InChI is InChI=1S/C13H16Cl3NO2S/c1-8-5-9(2)7-17(6-8)20(18,19)11-4-3-10(14)12(15)13(11)16/h3-4,8-9H,5-7H2,1-2H3/t8-,9-/m0/s1. The van der Waals surface area contributed by atoms with E-state index in [1.807, 2.05) is 0 Å². The molecular weight excluding hydrogens is 341 g/mol. The van der Waals surface area contributed by atoms with Gasteiger partial charge in [0.2, 0.25) is 10.0 Å². The van der Waals surface area contributed by atoms with E-state index < -0.39 is 10.0 Å². The topological polar surface area (TPSA) is 37.4 Å². The Kier molecular flexibility index (Phi) is 4.92. The second-order valence-electron chi connectivity index (χ2n) is 5.44. The second-order valence-corrected chi connectivity index (χ2v) is 8.51. The fraction of sp³-hybridized carbons (Fsp3) is 0.538. The van der Waals surface area contributed by atoms with Gasteiger partial charge in [-0.15, -0.1) is 0 Å². The lowest BCUT2D eigenvalue weighted by Crippen LogP contribution is -2.42. The number of halogens is 3. The van der Waals surface area contributed by atoms with E-state index in [9.17, 15) is 8.42 Å². The highest BCUT2D eigenvalue weighted by atomic mass is 35.5. The van der Waals surface area contributed by atoms with Crippen molar-refractivity contribution in [3.8, 4) is 0 Å². The van der Waals surface area contributed by atoms with Gasteiger partial charge in [-0.3, -0.25) is 0 Å². The maximum atomic E-state index is 12.7. The minimum Gasteiger partial charge on any atom is -0.207 e. The summed E-state index contributed by atoms with van der Waals surface area (Å²) in [5.74, 6) is 0.658. The molecule has 0 amide bonds. The van der Waals surface area contributed by atoms with Crippen molar-refractivity contribution in [2.45, 2.75) is 25.2 Å². The van der Waals surface area contributed by atoms with Crippen LogP contribution in [-0.4, -0.2) is 25.8 Å². The normalized spacial score (nSPS) is 24.9. The maximum Gasteiger partial charge on any atom is 0.244 e. The number of hydrogen-bond acceptors (Lipinski definition) is 2. The third-order valence-corrected chi connectivity index (χ3v) is 6.73.